The Labute approximate surface area is 147 Å². The van der Waals surface area contributed by atoms with Crippen LogP contribution in [-0.2, 0) is 10.0 Å². The summed E-state index contributed by atoms with van der Waals surface area (Å²) in [4.78, 5) is 12.3. The molecule has 126 valence electrons. The van der Waals surface area contributed by atoms with E-state index < -0.39 is 10.0 Å². The summed E-state index contributed by atoms with van der Waals surface area (Å²) in [7, 11) is -3.58. The second-order valence-corrected chi connectivity index (χ2v) is 8.45. The highest BCUT2D eigenvalue weighted by molar-refractivity contribution is 7.92. The first-order valence-corrected chi connectivity index (χ1v) is 9.75. The highest BCUT2D eigenvalue weighted by Crippen LogP contribution is 2.21. The molecular formula is C14H13ClN4O3S2. The molecule has 0 aliphatic heterocycles. The van der Waals surface area contributed by atoms with Gasteiger partial charge in [-0.1, -0.05) is 11.6 Å². The van der Waals surface area contributed by atoms with Crippen LogP contribution < -0.4 is 10.0 Å². The number of thiophene rings is 1. The van der Waals surface area contributed by atoms with E-state index in [4.69, 9.17) is 11.6 Å². The molecule has 0 aromatic carbocycles. The van der Waals surface area contributed by atoms with E-state index in [1.54, 1.807) is 47.2 Å². The van der Waals surface area contributed by atoms with Crippen molar-refractivity contribution in [2.24, 2.45) is 0 Å². The molecule has 0 spiro atoms. The van der Waals surface area contributed by atoms with Crippen molar-refractivity contribution in [1.82, 2.24) is 14.9 Å². The average molecular weight is 385 g/mol. The number of rotatable bonds is 6. The maximum absolute atomic E-state index is 12.1. The van der Waals surface area contributed by atoms with Crippen LogP contribution in [0.25, 0.3) is 5.52 Å². The molecule has 1 amide bonds. The zero-order chi connectivity index (χ0) is 17.2. The predicted octanol–water partition coefficient (Wildman–Crippen LogP) is 2.22. The van der Waals surface area contributed by atoms with Crippen LogP contribution in [0.4, 0.5) is 5.69 Å². The second-order valence-electron chi connectivity index (χ2n) is 4.90. The van der Waals surface area contributed by atoms with Gasteiger partial charge in [-0.25, -0.2) is 12.9 Å². The highest BCUT2D eigenvalue weighted by atomic mass is 35.5. The van der Waals surface area contributed by atoms with Crippen molar-refractivity contribution >= 4 is 50.1 Å². The molecule has 3 rings (SSSR count). The molecular weight excluding hydrogens is 372 g/mol. The highest BCUT2D eigenvalue weighted by Gasteiger charge is 2.13. The molecule has 0 atom stereocenters. The number of sulfonamides is 1. The molecule has 0 aliphatic carbocycles. The number of halogens is 1. The molecule has 0 saturated carbocycles. The van der Waals surface area contributed by atoms with E-state index in [0.29, 0.717) is 14.9 Å². The zero-order valence-electron chi connectivity index (χ0n) is 12.3. The molecule has 0 bridgehead atoms. The number of pyridine rings is 1. The Morgan fingerprint density at radius 1 is 1.29 bits per heavy atom. The van der Waals surface area contributed by atoms with Crippen LogP contribution in [0.1, 0.15) is 9.67 Å². The van der Waals surface area contributed by atoms with Crippen LogP contribution in [0.2, 0.25) is 4.34 Å². The Bertz CT molecular complexity index is 981. The van der Waals surface area contributed by atoms with Crippen molar-refractivity contribution < 1.29 is 13.2 Å². The number of nitrogens with zero attached hydrogens (tertiary/aromatic N) is 2. The van der Waals surface area contributed by atoms with E-state index in [0.717, 1.165) is 16.9 Å². The molecule has 0 radical (unpaired) electrons. The van der Waals surface area contributed by atoms with Crippen molar-refractivity contribution in [3.05, 3.63) is 51.9 Å². The van der Waals surface area contributed by atoms with Gasteiger partial charge in [-0.05, 0) is 30.3 Å². The monoisotopic (exact) mass is 384 g/mol. The van der Waals surface area contributed by atoms with Crippen molar-refractivity contribution in [3.8, 4) is 0 Å². The third kappa shape index (κ3) is 4.05. The smallest absolute Gasteiger partial charge is 0.261 e. The molecule has 0 unspecified atom stereocenters. The van der Waals surface area contributed by atoms with Gasteiger partial charge < -0.3 is 5.32 Å². The summed E-state index contributed by atoms with van der Waals surface area (Å²) in [6, 6.07) is 8.27. The lowest BCUT2D eigenvalue weighted by Crippen LogP contribution is -2.30. The molecule has 3 aromatic heterocycles. The van der Waals surface area contributed by atoms with Crippen LogP contribution in [0.3, 0.4) is 0 Å². The number of nitrogens with one attached hydrogen (secondary N) is 2. The molecule has 24 heavy (non-hydrogen) atoms. The van der Waals surface area contributed by atoms with Gasteiger partial charge in [0.05, 0.1) is 26.2 Å². The van der Waals surface area contributed by atoms with Crippen LogP contribution in [0.15, 0.2) is 42.7 Å². The average Bonchev–Trinajstić information content (AvgIpc) is 3.14. The van der Waals surface area contributed by atoms with Crippen LogP contribution >= 0.6 is 22.9 Å². The van der Waals surface area contributed by atoms with Crippen molar-refractivity contribution in [3.63, 3.8) is 0 Å². The van der Waals surface area contributed by atoms with E-state index in [1.807, 2.05) is 0 Å². The second kappa shape index (κ2) is 6.80. The maximum Gasteiger partial charge on any atom is 0.261 e. The normalized spacial score (nSPS) is 11.5. The summed E-state index contributed by atoms with van der Waals surface area (Å²) in [6.45, 7) is -0.00138. The molecule has 3 aromatic rings. The fourth-order valence-electron chi connectivity index (χ4n) is 2.04. The van der Waals surface area contributed by atoms with E-state index in [-0.39, 0.29) is 18.2 Å². The van der Waals surface area contributed by atoms with Crippen LogP contribution in [0.5, 0.6) is 0 Å². The van der Waals surface area contributed by atoms with Gasteiger partial charge in [-0.15, -0.1) is 11.3 Å². The first kappa shape index (κ1) is 16.7. The first-order valence-electron chi connectivity index (χ1n) is 6.90. The molecule has 0 fully saturated rings. The molecule has 7 nitrogen and oxygen atoms in total. The van der Waals surface area contributed by atoms with Gasteiger partial charge in [0, 0.05) is 18.9 Å². The lowest BCUT2D eigenvalue weighted by molar-refractivity contribution is 0.0960. The molecule has 3 heterocycles. The summed E-state index contributed by atoms with van der Waals surface area (Å²) in [5.41, 5.74) is 1.22. The fourth-order valence-corrected chi connectivity index (χ4v) is 3.96. The van der Waals surface area contributed by atoms with Gasteiger partial charge in [-0.3, -0.25) is 9.52 Å². The SMILES string of the molecule is O=C(NCCS(=O)(=O)Nc1ccn2nccc2c1)c1ccc(Cl)s1. The van der Waals surface area contributed by atoms with Crippen molar-refractivity contribution in [2.45, 2.75) is 0 Å². The quantitative estimate of drug-likeness (QED) is 0.681. The number of carbonyl (C=O) groups excluding carboxylic acids is 1. The molecule has 10 heteroatoms. The number of carbonyl (C=O) groups is 1. The Balaban J connectivity index is 1.56. The minimum atomic E-state index is -3.58. The van der Waals surface area contributed by atoms with E-state index >= 15 is 0 Å². The van der Waals surface area contributed by atoms with Gasteiger partial charge in [0.2, 0.25) is 10.0 Å². The minimum Gasteiger partial charge on any atom is -0.350 e. The number of anilines is 1. The molecule has 0 saturated heterocycles. The standard InChI is InChI=1S/C14H13ClN4O3S2/c15-13-2-1-12(23-13)14(20)16-6-8-24(21,22)18-10-4-7-19-11(9-10)3-5-17-19/h1-5,7,9,18H,6,8H2,(H,16,20). The van der Waals surface area contributed by atoms with Crippen LogP contribution in [0, 0.1) is 0 Å². The Morgan fingerprint density at radius 2 is 2.12 bits per heavy atom. The number of fused-ring (bicyclic) bond motifs is 1. The summed E-state index contributed by atoms with van der Waals surface area (Å²) in [5.74, 6) is -0.578. The third-order valence-corrected chi connectivity index (χ3v) is 5.64. The minimum absolute atomic E-state index is 0.00138. The predicted molar refractivity (Wildman–Crippen MR) is 94.3 cm³/mol. The number of hydrogen-bond acceptors (Lipinski definition) is 5. The van der Waals surface area contributed by atoms with Gasteiger partial charge in [0.15, 0.2) is 0 Å². The molecule has 2 N–H and O–H groups in total. The lowest BCUT2D eigenvalue weighted by Gasteiger charge is -2.09. The van der Waals surface area contributed by atoms with Gasteiger partial charge >= 0.3 is 0 Å². The van der Waals surface area contributed by atoms with Gasteiger partial charge in [0.25, 0.3) is 5.91 Å². The Morgan fingerprint density at radius 3 is 2.88 bits per heavy atom. The van der Waals surface area contributed by atoms with E-state index in [9.17, 15) is 13.2 Å². The van der Waals surface area contributed by atoms with Gasteiger partial charge in [-0.2, -0.15) is 5.10 Å². The van der Waals surface area contributed by atoms with E-state index in [2.05, 4.69) is 15.1 Å². The number of amides is 1. The number of aromatic nitrogens is 2. The fraction of sp³-hybridized carbons (Fsp3) is 0.143. The third-order valence-electron chi connectivity index (χ3n) is 3.13. The van der Waals surface area contributed by atoms with E-state index in [1.165, 1.54) is 0 Å². The van der Waals surface area contributed by atoms with Gasteiger partial charge in [0.1, 0.15) is 0 Å². The largest absolute Gasteiger partial charge is 0.350 e. The summed E-state index contributed by atoms with van der Waals surface area (Å²) >= 11 is 6.90. The lowest BCUT2D eigenvalue weighted by atomic mass is 10.4. The summed E-state index contributed by atoms with van der Waals surface area (Å²) in [6.07, 6.45) is 3.29. The Hall–Kier alpha value is -2.10. The Kier molecular flexibility index (Phi) is 4.74. The summed E-state index contributed by atoms with van der Waals surface area (Å²) in [5, 5.41) is 6.60. The number of hydrogen-bond donors (Lipinski definition) is 2. The zero-order valence-corrected chi connectivity index (χ0v) is 14.7. The summed E-state index contributed by atoms with van der Waals surface area (Å²) < 4.78 is 28.8. The molecule has 0 aliphatic rings. The van der Waals surface area contributed by atoms with Crippen molar-refractivity contribution in [2.75, 3.05) is 17.0 Å². The topological polar surface area (TPSA) is 92.6 Å². The maximum atomic E-state index is 12.1. The van der Waals surface area contributed by atoms with Crippen molar-refractivity contribution in [1.29, 1.82) is 0 Å². The first-order chi connectivity index (χ1) is 11.4. The van der Waals surface area contributed by atoms with Crippen LogP contribution in [-0.4, -0.2) is 36.2 Å².